The lowest BCUT2D eigenvalue weighted by atomic mass is 10.2. The number of ether oxygens (including phenoxy) is 1. The third-order valence-electron chi connectivity index (χ3n) is 2.91. The smallest absolute Gasteiger partial charge is 0.338 e. The highest BCUT2D eigenvalue weighted by Crippen LogP contribution is 2.20. The molecule has 0 saturated carbocycles. The molecule has 0 aliphatic rings. The monoisotopic (exact) mass is 355 g/mol. The van der Waals surface area contributed by atoms with Crippen molar-refractivity contribution in [1.82, 2.24) is 5.32 Å². The summed E-state index contributed by atoms with van der Waals surface area (Å²) in [6, 6.07) is 9.75. The van der Waals surface area contributed by atoms with Crippen LogP contribution in [0.3, 0.4) is 0 Å². The highest BCUT2D eigenvalue weighted by molar-refractivity contribution is 6.35. The Kier molecular flexibility index (Phi) is 5.96. The van der Waals surface area contributed by atoms with E-state index in [9.17, 15) is 14.0 Å². The highest BCUT2D eigenvalue weighted by Gasteiger charge is 2.10. The third kappa shape index (κ3) is 5.23. The third-order valence-corrected chi connectivity index (χ3v) is 3.49. The van der Waals surface area contributed by atoms with Gasteiger partial charge in [-0.1, -0.05) is 29.3 Å². The molecule has 120 valence electrons. The zero-order valence-electron chi connectivity index (χ0n) is 11.8. The number of esters is 1. The summed E-state index contributed by atoms with van der Waals surface area (Å²) in [5, 5.41) is 3.50. The van der Waals surface area contributed by atoms with Crippen LogP contribution in [0.4, 0.5) is 4.39 Å². The molecule has 7 heteroatoms. The molecule has 0 atom stereocenters. The molecule has 2 aromatic rings. The van der Waals surface area contributed by atoms with Crippen molar-refractivity contribution in [2.75, 3.05) is 6.61 Å². The summed E-state index contributed by atoms with van der Waals surface area (Å²) < 4.78 is 17.6. The molecule has 4 nitrogen and oxygen atoms in total. The summed E-state index contributed by atoms with van der Waals surface area (Å²) >= 11 is 11.8. The molecule has 0 aliphatic carbocycles. The Bertz CT molecular complexity index is 720. The van der Waals surface area contributed by atoms with Gasteiger partial charge in [0, 0.05) is 16.6 Å². The van der Waals surface area contributed by atoms with Crippen molar-refractivity contribution in [2.24, 2.45) is 0 Å². The number of carbonyl (C=O) groups excluding carboxylic acids is 2. The van der Waals surface area contributed by atoms with E-state index in [-0.39, 0.29) is 12.1 Å². The van der Waals surface area contributed by atoms with Crippen LogP contribution in [0.1, 0.15) is 15.9 Å². The van der Waals surface area contributed by atoms with Gasteiger partial charge in [0.15, 0.2) is 6.61 Å². The number of rotatable bonds is 5. The molecular weight excluding hydrogens is 344 g/mol. The summed E-state index contributed by atoms with van der Waals surface area (Å²) in [6.45, 7) is -0.260. The Hall–Kier alpha value is -2.11. The molecule has 2 aromatic carbocycles. The molecule has 0 aliphatic heterocycles. The standard InChI is InChI=1S/C16H12Cl2FNO3/c17-12-4-1-11(14(18)7-12)8-20-15(21)9-23-16(22)10-2-5-13(19)6-3-10/h1-7H,8-9H2,(H,20,21). The maximum Gasteiger partial charge on any atom is 0.338 e. The molecule has 1 amide bonds. The average molecular weight is 356 g/mol. The molecule has 0 aromatic heterocycles. The van der Waals surface area contributed by atoms with E-state index in [1.54, 1.807) is 18.2 Å². The first-order valence-electron chi connectivity index (χ1n) is 6.59. The van der Waals surface area contributed by atoms with Crippen molar-refractivity contribution in [2.45, 2.75) is 6.54 Å². The van der Waals surface area contributed by atoms with Gasteiger partial charge in [-0.05, 0) is 42.0 Å². The maximum atomic E-state index is 12.7. The van der Waals surface area contributed by atoms with Gasteiger partial charge in [0.1, 0.15) is 5.82 Å². The van der Waals surface area contributed by atoms with Gasteiger partial charge in [0.05, 0.1) is 5.56 Å². The van der Waals surface area contributed by atoms with Crippen LogP contribution in [0.5, 0.6) is 0 Å². The summed E-state index contributed by atoms with van der Waals surface area (Å²) in [7, 11) is 0. The minimum absolute atomic E-state index is 0.167. The summed E-state index contributed by atoms with van der Waals surface area (Å²) in [5.74, 6) is -1.64. The normalized spacial score (nSPS) is 10.2. The molecule has 23 heavy (non-hydrogen) atoms. The van der Waals surface area contributed by atoms with Crippen molar-refractivity contribution in [3.8, 4) is 0 Å². The average Bonchev–Trinajstić information content (AvgIpc) is 2.52. The largest absolute Gasteiger partial charge is 0.452 e. The van der Waals surface area contributed by atoms with E-state index in [2.05, 4.69) is 5.32 Å². The van der Waals surface area contributed by atoms with E-state index in [0.717, 1.165) is 12.1 Å². The predicted octanol–water partition coefficient (Wildman–Crippen LogP) is 3.61. The lowest BCUT2D eigenvalue weighted by Gasteiger charge is -2.08. The van der Waals surface area contributed by atoms with E-state index < -0.39 is 24.3 Å². The lowest BCUT2D eigenvalue weighted by molar-refractivity contribution is -0.124. The SMILES string of the molecule is O=C(COC(=O)c1ccc(F)cc1)NCc1ccc(Cl)cc1Cl. The number of carbonyl (C=O) groups is 2. The Morgan fingerprint density at radius 1 is 1.09 bits per heavy atom. The number of halogens is 3. The van der Waals surface area contributed by atoms with Crippen molar-refractivity contribution in [1.29, 1.82) is 0 Å². The Morgan fingerprint density at radius 3 is 2.43 bits per heavy atom. The predicted molar refractivity (Wildman–Crippen MR) is 85.0 cm³/mol. The Balaban J connectivity index is 1.81. The minimum Gasteiger partial charge on any atom is -0.452 e. The summed E-state index contributed by atoms with van der Waals surface area (Å²) in [6.07, 6.45) is 0. The van der Waals surface area contributed by atoms with Crippen LogP contribution >= 0.6 is 23.2 Å². The number of benzene rings is 2. The molecule has 0 bridgehead atoms. The number of amides is 1. The molecule has 0 fully saturated rings. The van der Waals surface area contributed by atoms with Crippen LogP contribution in [0, 0.1) is 5.82 Å². The van der Waals surface area contributed by atoms with Gasteiger partial charge in [-0.3, -0.25) is 4.79 Å². The fraction of sp³-hybridized carbons (Fsp3) is 0.125. The first-order chi connectivity index (χ1) is 11.0. The minimum atomic E-state index is -0.704. The van der Waals surface area contributed by atoms with Crippen molar-refractivity contribution < 1.29 is 18.7 Å². The maximum absolute atomic E-state index is 12.7. The quantitative estimate of drug-likeness (QED) is 0.833. The van der Waals surface area contributed by atoms with E-state index in [4.69, 9.17) is 27.9 Å². The Morgan fingerprint density at radius 2 is 1.78 bits per heavy atom. The molecule has 0 saturated heterocycles. The van der Waals surface area contributed by atoms with Gasteiger partial charge in [0.25, 0.3) is 5.91 Å². The van der Waals surface area contributed by atoms with E-state index in [1.807, 2.05) is 0 Å². The summed E-state index contributed by atoms with van der Waals surface area (Å²) in [5.41, 5.74) is 0.856. The van der Waals surface area contributed by atoms with Gasteiger partial charge < -0.3 is 10.1 Å². The lowest BCUT2D eigenvalue weighted by Crippen LogP contribution is -2.28. The van der Waals surface area contributed by atoms with Crippen molar-refractivity contribution in [3.63, 3.8) is 0 Å². The zero-order chi connectivity index (χ0) is 16.8. The van der Waals surface area contributed by atoms with Gasteiger partial charge in [0.2, 0.25) is 0 Å². The van der Waals surface area contributed by atoms with E-state index in [1.165, 1.54) is 12.1 Å². The van der Waals surface area contributed by atoms with Crippen LogP contribution in [-0.4, -0.2) is 18.5 Å². The molecule has 1 N–H and O–H groups in total. The van der Waals surface area contributed by atoms with Crippen LogP contribution in [0.2, 0.25) is 10.0 Å². The summed E-state index contributed by atoms with van der Waals surface area (Å²) in [4.78, 5) is 23.3. The van der Waals surface area contributed by atoms with E-state index in [0.29, 0.717) is 15.6 Å². The van der Waals surface area contributed by atoms with Crippen LogP contribution in [0.15, 0.2) is 42.5 Å². The van der Waals surface area contributed by atoms with Crippen molar-refractivity contribution in [3.05, 3.63) is 69.5 Å². The Labute approximate surface area is 142 Å². The molecule has 0 unspecified atom stereocenters. The van der Waals surface area contributed by atoms with Crippen LogP contribution in [-0.2, 0) is 16.1 Å². The fourth-order valence-electron chi connectivity index (χ4n) is 1.71. The highest BCUT2D eigenvalue weighted by atomic mass is 35.5. The second-order valence-corrected chi connectivity index (χ2v) is 5.44. The second-order valence-electron chi connectivity index (χ2n) is 4.60. The molecule has 0 spiro atoms. The van der Waals surface area contributed by atoms with E-state index >= 15 is 0 Å². The van der Waals surface area contributed by atoms with Crippen LogP contribution in [0.25, 0.3) is 0 Å². The van der Waals surface area contributed by atoms with Gasteiger partial charge in [-0.15, -0.1) is 0 Å². The number of hydrogen-bond acceptors (Lipinski definition) is 3. The van der Waals surface area contributed by atoms with Gasteiger partial charge in [-0.25, -0.2) is 9.18 Å². The topological polar surface area (TPSA) is 55.4 Å². The molecule has 2 rings (SSSR count). The second kappa shape index (κ2) is 7.94. The molecule has 0 radical (unpaired) electrons. The first-order valence-corrected chi connectivity index (χ1v) is 7.34. The molecular formula is C16H12Cl2FNO3. The molecule has 0 heterocycles. The number of hydrogen-bond donors (Lipinski definition) is 1. The van der Waals surface area contributed by atoms with Crippen molar-refractivity contribution >= 4 is 35.1 Å². The first kappa shape index (κ1) is 17.2. The van der Waals surface area contributed by atoms with Gasteiger partial charge in [-0.2, -0.15) is 0 Å². The van der Waals surface area contributed by atoms with Crippen LogP contribution < -0.4 is 5.32 Å². The fourth-order valence-corrected chi connectivity index (χ4v) is 2.19. The zero-order valence-corrected chi connectivity index (χ0v) is 13.3. The van der Waals surface area contributed by atoms with Gasteiger partial charge >= 0.3 is 5.97 Å². The number of nitrogens with one attached hydrogen (secondary N) is 1.